The van der Waals surface area contributed by atoms with Gasteiger partial charge in [-0.25, -0.2) is 4.79 Å². The highest BCUT2D eigenvalue weighted by Crippen LogP contribution is 2.23. The van der Waals surface area contributed by atoms with Crippen molar-refractivity contribution in [2.45, 2.75) is 24.9 Å². The minimum Gasteiger partial charge on any atom is -0.351 e. The van der Waals surface area contributed by atoms with Gasteiger partial charge in [-0.2, -0.15) is 0 Å². The van der Waals surface area contributed by atoms with Crippen LogP contribution in [0.15, 0.2) is 48.7 Å². The van der Waals surface area contributed by atoms with E-state index in [0.717, 1.165) is 29.8 Å². The number of aromatic nitrogens is 1. The average Bonchev–Trinajstić information content (AvgIpc) is 3.16. The summed E-state index contributed by atoms with van der Waals surface area (Å²) in [5, 5.41) is 2.27. The number of nitrogens with zero attached hydrogens (tertiary/aromatic N) is 1. The second-order valence-electron chi connectivity index (χ2n) is 6.26. The predicted molar refractivity (Wildman–Crippen MR) is 90.1 cm³/mol. The van der Waals surface area contributed by atoms with Crippen molar-refractivity contribution in [3.8, 4) is 0 Å². The number of rotatable bonds is 4. The van der Waals surface area contributed by atoms with Gasteiger partial charge in [0.2, 0.25) is 0 Å². The zero-order chi connectivity index (χ0) is 17.1. The monoisotopic (exact) mass is 327 g/mol. The number of quaternary nitrogens is 1. The Bertz CT molecular complexity index is 726. The molecule has 0 spiro atoms. The first-order valence-electron chi connectivity index (χ1n) is 8.20. The number of aryl methyl sites for hydroxylation is 1. The summed E-state index contributed by atoms with van der Waals surface area (Å²) in [6.07, 6.45) is 4.07. The number of benzene rings is 1. The van der Waals surface area contributed by atoms with Gasteiger partial charge in [0.05, 0.1) is 12.2 Å². The Kier molecular flexibility index (Phi) is 4.66. The van der Waals surface area contributed by atoms with Gasteiger partial charge >= 0.3 is 6.03 Å². The molecule has 1 aliphatic rings. The molecule has 6 heteroatoms. The van der Waals surface area contributed by atoms with E-state index in [0.29, 0.717) is 0 Å². The van der Waals surface area contributed by atoms with E-state index in [1.807, 2.05) is 49.6 Å². The molecule has 1 unspecified atom stereocenters. The summed E-state index contributed by atoms with van der Waals surface area (Å²) in [5.41, 5.74) is 7.28. The van der Waals surface area contributed by atoms with Crippen molar-refractivity contribution in [3.63, 3.8) is 0 Å². The smallest absolute Gasteiger partial charge is 0.319 e. The number of hydrogen-bond acceptors (Lipinski definition) is 2. The molecule has 0 radical (unpaired) electrons. The highest BCUT2D eigenvalue weighted by molar-refractivity contribution is 5.96. The van der Waals surface area contributed by atoms with Gasteiger partial charge in [-0.15, -0.1) is 0 Å². The van der Waals surface area contributed by atoms with Crippen molar-refractivity contribution in [2.75, 3.05) is 6.54 Å². The van der Waals surface area contributed by atoms with Gasteiger partial charge in [0.1, 0.15) is 6.04 Å². The fraction of sp³-hybridized carbons (Fsp3) is 0.333. The molecule has 3 amide bonds. The van der Waals surface area contributed by atoms with Crippen LogP contribution in [0.25, 0.3) is 0 Å². The molecule has 126 valence electrons. The molecule has 1 aliphatic heterocycles. The number of imide groups is 1. The van der Waals surface area contributed by atoms with Gasteiger partial charge in [-0.05, 0) is 12.1 Å². The molecule has 1 fully saturated rings. The normalized spacial score (nSPS) is 21.4. The van der Waals surface area contributed by atoms with Crippen LogP contribution in [0.2, 0.25) is 0 Å². The predicted octanol–water partition coefficient (Wildman–Crippen LogP) is 0.681. The molecule has 0 bridgehead atoms. The lowest BCUT2D eigenvalue weighted by Crippen LogP contribution is -3.12. The first-order chi connectivity index (χ1) is 11.6. The van der Waals surface area contributed by atoms with E-state index < -0.39 is 12.1 Å². The maximum Gasteiger partial charge on any atom is 0.319 e. The maximum absolute atomic E-state index is 12.7. The summed E-state index contributed by atoms with van der Waals surface area (Å²) in [6.45, 7) is 0.877. The van der Waals surface area contributed by atoms with E-state index in [1.54, 1.807) is 0 Å². The number of hydrogen-bond donors (Lipinski definition) is 3. The summed E-state index contributed by atoms with van der Waals surface area (Å²) >= 11 is 0. The van der Waals surface area contributed by atoms with Gasteiger partial charge in [-0.1, -0.05) is 30.3 Å². The Hall–Kier alpha value is -2.60. The Morgan fingerprint density at radius 1 is 1.25 bits per heavy atom. The fourth-order valence-electron chi connectivity index (χ4n) is 3.76. The number of carbonyl (C=O) groups is 2. The molecule has 0 saturated carbocycles. The Morgan fingerprint density at radius 2 is 2.00 bits per heavy atom. The molecule has 6 nitrogen and oxygen atoms in total. The summed E-state index contributed by atoms with van der Waals surface area (Å²) in [7, 11) is 2.02. The van der Waals surface area contributed by atoms with E-state index in [4.69, 9.17) is 5.73 Å². The molecule has 2 heterocycles. The van der Waals surface area contributed by atoms with Crippen molar-refractivity contribution in [1.29, 1.82) is 0 Å². The Morgan fingerprint density at radius 3 is 2.62 bits per heavy atom. The van der Waals surface area contributed by atoms with Crippen LogP contribution >= 0.6 is 0 Å². The second-order valence-corrected chi connectivity index (χ2v) is 6.26. The number of primary amides is 1. The first-order valence-corrected chi connectivity index (χ1v) is 8.20. The third-order valence-corrected chi connectivity index (χ3v) is 4.76. The van der Waals surface area contributed by atoms with Gasteiger partial charge in [-0.3, -0.25) is 10.1 Å². The standard InChI is InChI=1S/C18H22N4O2/c1-21-11-5-9-14(21)15-10-6-12-22(15)16(17(23)20-18(19)24)13-7-3-2-4-8-13/h2-5,7-9,11,15-16H,6,10,12H2,1H3,(H3,19,20,23,24)/p+1/t15-,16-/m0/s1. The molecular weight excluding hydrogens is 304 g/mol. The number of nitrogens with two attached hydrogens (primary N) is 1. The van der Waals surface area contributed by atoms with Gasteiger partial charge in [0.15, 0.2) is 6.04 Å². The zero-order valence-electron chi connectivity index (χ0n) is 13.7. The lowest BCUT2D eigenvalue weighted by Gasteiger charge is -2.29. The molecule has 1 aromatic carbocycles. The third kappa shape index (κ3) is 3.19. The molecule has 0 aliphatic carbocycles. The van der Waals surface area contributed by atoms with Crippen molar-refractivity contribution in [3.05, 3.63) is 59.9 Å². The SMILES string of the molecule is Cn1cccc1[C@@H]1CCC[NH+]1[C@H](C(=O)NC(N)=O)c1ccccc1. The van der Waals surface area contributed by atoms with E-state index in [9.17, 15) is 9.59 Å². The van der Waals surface area contributed by atoms with Crippen LogP contribution in [0.1, 0.15) is 36.2 Å². The summed E-state index contributed by atoms with van der Waals surface area (Å²) in [4.78, 5) is 25.1. The van der Waals surface area contributed by atoms with Crippen LogP contribution in [0.4, 0.5) is 4.79 Å². The van der Waals surface area contributed by atoms with Crippen molar-refractivity contribution in [1.82, 2.24) is 9.88 Å². The lowest BCUT2D eigenvalue weighted by molar-refractivity contribution is -0.940. The van der Waals surface area contributed by atoms with Gasteiger partial charge in [0.25, 0.3) is 5.91 Å². The van der Waals surface area contributed by atoms with Crippen LogP contribution in [0.5, 0.6) is 0 Å². The lowest BCUT2D eigenvalue weighted by atomic mass is 10.0. The highest BCUT2D eigenvalue weighted by atomic mass is 16.2. The van der Waals surface area contributed by atoms with E-state index in [-0.39, 0.29) is 11.9 Å². The summed E-state index contributed by atoms with van der Waals surface area (Å²) in [6, 6.07) is 12.7. The average molecular weight is 327 g/mol. The first kappa shape index (κ1) is 16.3. The minimum absolute atomic E-state index is 0.217. The summed E-state index contributed by atoms with van der Waals surface area (Å²) < 4.78 is 2.10. The van der Waals surface area contributed by atoms with E-state index >= 15 is 0 Å². The van der Waals surface area contributed by atoms with Crippen LogP contribution in [-0.2, 0) is 11.8 Å². The minimum atomic E-state index is -0.810. The van der Waals surface area contributed by atoms with E-state index in [2.05, 4.69) is 16.0 Å². The number of amides is 3. The van der Waals surface area contributed by atoms with Crippen LogP contribution in [0.3, 0.4) is 0 Å². The molecule has 4 N–H and O–H groups in total. The Balaban J connectivity index is 1.96. The highest BCUT2D eigenvalue weighted by Gasteiger charge is 2.41. The number of carbonyl (C=O) groups excluding carboxylic acids is 2. The quantitative estimate of drug-likeness (QED) is 0.772. The van der Waals surface area contributed by atoms with Crippen molar-refractivity contribution in [2.24, 2.45) is 12.8 Å². The Labute approximate surface area is 141 Å². The molecular formula is C18H23N4O2+. The van der Waals surface area contributed by atoms with Crippen LogP contribution in [-0.4, -0.2) is 23.1 Å². The molecule has 1 saturated heterocycles. The molecule has 3 rings (SSSR count). The van der Waals surface area contributed by atoms with Crippen molar-refractivity contribution >= 4 is 11.9 Å². The van der Waals surface area contributed by atoms with E-state index in [1.165, 1.54) is 5.69 Å². The van der Waals surface area contributed by atoms with Crippen molar-refractivity contribution < 1.29 is 14.5 Å². The fourth-order valence-corrected chi connectivity index (χ4v) is 3.76. The third-order valence-electron chi connectivity index (χ3n) is 4.76. The number of nitrogens with one attached hydrogen (secondary N) is 2. The molecule has 1 aromatic heterocycles. The number of likely N-dealkylation sites (tertiary alicyclic amines) is 1. The number of urea groups is 1. The van der Waals surface area contributed by atoms with Gasteiger partial charge in [0, 0.05) is 31.6 Å². The molecule has 24 heavy (non-hydrogen) atoms. The summed E-state index contributed by atoms with van der Waals surface area (Å²) in [5.74, 6) is -0.343. The molecule has 2 aromatic rings. The van der Waals surface area contributed by atoms with Gasteiger partial charge < -0.3 is 15.2 Å². The maximum atomic E-state index is 12.7. The topological polar surface area (TPSA) is 81.6 Å². The largest absolute Gasteiger partial charge is 0.351 e. The second kappa shape index (κ2) is 6.88. The van der Waals surface area contributed by atoms with Crippen LogP contribution in [0, 0.1) is 0 Å². The van der Waals surface area contributed by atoms with Crippen LogP contribution < -0.4 is 16.0 Å². The molecule has 3 atom stereocenters. The zero-order valence-corrected chi connectivity index (χ0v) is 13.7.